The highest BCUT2D eigenvalue weighted by Gasteiger charge is 2.43. The summed E-state index contributed by atoms with van der Waals surface area (Å²) < 4.78 is 0. The van der Waals surface area contributed by atoms with Gasteiger partial charge in [-0.1, -0.05) is 13.0 Å². The van der Waals surface area contributed by atoms with E-state index in [1.807, 2.05) is 12.3 Å². The lowest BCUT2D eigenvalue weighted by molar-refractivity contribution is -0.122. The first-order chi connectivity index (χ1) is 10.8. The number of hydrogen-bond acceptors (Lipinski definition) is 3. The number of rotatable bonds is 6. The summed E-state index contributed by atoms with van der Waals surface area (Å²) in [5.41, 5.74) is 1.20. The third-order valence-electron chi connectivity index (χ3n) is 5.25. The normalized spacial score (nSPS) is 25.9. The van der Waals surface area contributed by atoms with Crippen molar-refractivity contribution in [3.05, 3.63) is 30.1 Å². The number of likely N-dealkylation sites (tertiary alicyclic amines) is 1. The van der Waals surface area contributed by atoms with E-state index in [9.17, 15) is 4.79 Å². The van der Waals surface area contributed by atoms with Gasteiger partial charge in [0.1, 0.15) is 0 Å². The molecule has 0 bridgehead atoms. The van der Waals surface area contributed by atoms with Crippen molar-refractivity contribution in [1.82, 2.24) is 15.2 Å². The molecule has 1 saturated heterocycles. The molecule has 2 fully saturated rings. The Morgan fingerprint density at radius 3 is 2.91 bits per heavy atom. The van der Waals surface area contributed by atoms with Crippen LogP contribution in [0.3, 0.4) is 0 Å². The van der Waals surface area contributed by atoms with Crippen molar-refractivity contribution in [2.24, 2.45) is 11.8 Å². The Bertz CT molecular complexity index is 482. The monoisotopic (exact) mass is 301 g/mol. The Kier molecular flexibility index (Phi) is 5.08. The second-order valence-corrected chi connectivity index (χ2v) is 6.69. The van der Waals surface area contributed by atoms with Crippen LogP contribution < -0.4 is 5.32 Å². The van der Waals surface area contributed by atoms with Gasteiger partial charge in [-0.05, 0) is 68.8 Å². The molecule has 2 unspecified atom stereocenters. The van der Waals surface area contributed by atoms with Crippen LogP contribution in [0.1, 0.15) is 44.1 Å². The van der Waals surface area contributed by atoms with Gasteiger partial charge in [-0.3, -0.25) is 9.78 Å². The zero-order chi connectivity index (χ0) is 15.4. The van der Waals surface area contributed by atoms with E-state index in [4.69, 9.17) is 0 Å². The van der Waals surface area contributed by atoms with Gasteiger partial charge in [0.2, 0.25) is 5.91 Å². The van der Waals surface area contributed by atoms with Crippen LogP contribution in [0.2, 0.25) is 0 Å². The minimum absolute atomic E-state index is 0.172. The average molecular weight is 301 g/mol. The predicted octanol–water partition coefficient (Wildman–Crippen LogP) is 2.42. The topological polar surface area (TPSA) is 45.2 Å². The molecule has 1 N–H and O–H groups in total. The van der Waals surface area contributed by atoms with E-state index in [-0.39, 0.29) is 11.8 Å². The number of piperidine rings is 1. The Morgan fingerprint density at radius 2 is 2.23 bits per heavy atom. The minimum Gasteiger partial charge on any atom is -0.356 e. The van der Waals surface area contributed by atoms with Crippen molar-refractivity contribution in [3.63, 3.8) is 0 Å². The van der Waals surface area contributed by atoms with E-state index in [0.717, 1.165) is 25.3 Å². The third-order valence-corrected chi connectivity index (χ3v) is 5.25. The molecule has 1 aromatic rings. The number of carbonyl (C=O) groups is 1. The summed E-state index contributed by atoms with van der Waals surface area (Å²) in [6.45, 7) is 6.68. The number of hydrogen-bond donors (Lipinski definition) is 1. The molecule has 0 aromatic carbocycles. The van der Waals surface area contributed by atoms with Crippen molar-refractivity contribution in [2.45, 2.75) is 38.5 Å². The average Bonchev–Trinajstić information content (AvgIpc) is 3.37. The first-order valence-electron chi connectivity index (χ1n) is 8.68. The summed E-state index contributed by atoms with van der Waals surface area (Å²) in [6, 6.07) is 4.03. The van der Waals surface area contributed by atoms with Crippen LogP contribution in [-0.4, -0.2) is 42.0 Å². The van der Waals surface area contributed by atoms with E-state index < -0.39 is 0 Å². The maximum atomic E-state index is 12.2. The summed E-state index contributed by atoms with van der Waals surface area (Å²) in [5.74, 6) is 1.59. The Labute approximate surface area is 133 Å². The molecule has 2 aliphatic rings. The SMILES string of the molecule is CCN1CCC(CCNC(=O)C2CC2c2cccnc2)CC1. The van der Waals surface area contributed by atoms with E-state index in [1.165, 1.54) is 38.0 Å². The number of aromatic nitrogens is 1. The van der Waals surface area contributed by atoms with Crippen LogP contribution in [0.5, 0.6) is 0 Å². The fourth-order valence-electron chi connectivity index (χ4n) is 3.57. The molecule has 4 heteroatoms. The standard InChI is InChI=1S/C18H27N3O/c1-2-21-10-6-14(7-11-21)5-9-20-18(22)17-12-16(17)15-4-3-8-19-13-15/h3-4,8,13-14,16-17H,2,5-7,9-12H2,1H3,(H,20,22). The van der Waals surface area contributed by atoms with Gasteiger partial charge in [0.05, 0.1) is 0 Å². The molecule has 2 atom stereocenters. The zero-order valence-electron chi connectivity index (χ0n) is 13.5. The molecule has 1 aliphatic carbocycles. The van der Waals surface area contributed by atoms with Gasteiger partial charge in [-0.2, -0.15) is 0 Å². The summed E-state index contributed by atoms with van der Waals surface area (Å²) in [7, 11) is 0. The first kappa shape index (κ1) is 15.5. The van der Waals surface area contributed by atoms with Gasteiger partial charge in [0, 0.05) is 24.9 Å². The molecule has 1 amide bonds. The van der Waals surface area contributed by atoms with Crippen LogP contribution in [0, 0.1) is 11.8 Å². The third kappa shape index (κ3) is 3.86. The fraction of sp³-hybridized carbons (Fsp3) is 0.667. The van der Waals surface area contributed by atoms with Crippen molar-refractivity contribution < 1.29 is 4.79 Å². The van der Waals surface area contributed by atoms with Crippen LogP contribution in [0.25, 0.3) is 0 Å². The van der Waals surface area contributed by atoms with Crippen molar-refractivity contribution >= 4 is 5.91 Å². The van der Waals surface area contributed by atoms with Crippen LogP contribution in [0.15, 0.2) is 24.5 Å². The molecule has 4 nitrogen and oxygen atoms in total. The quantitative estimate of drug-likeness (QED) is 0.877. The molecule has 1 aromatic heterocycles. The van der Waals surface area contributed by atoms with Crippen molar-refractivity contribution in [2.75, 3.05) is 26.2 Å². The maximum Gasteiger partial charge on any atom is 0.223 e. The summed E-state index contributed by atoms with van der Waals surface area (Å²) in [4.78, 5) is 18.8. The zero-order valence-corrected chi connectivity index (χ0v) is 13.5. The fourth-order valence-corrected chi connectivity index (χ4v) is 3.57. The first-order valence-corrected chi connectivity index (χ1v) is 8.68. The largest absolute Gasteiger partial charge is 0.356 e. The lowest BCUT2D eigenvalue weighted by Gasteiger charge is -2.31. The molecular formula is C18H27N3O. The molecule has 1 aliphatic heterocycles. The Morgan fingerprint density at radius 1 is 1.41 bits per heavy atom. The van der Waals surface area contributed by atoms with Crippen molar-refractivity contribution in [1.29, 1.82) is 0 Å². The van der Waals surface area contributed by atoms with Gasteiger partial charge in [-0.25, -0.2) is 0 Å². The molecule has 1 saturated carbocycles. The molecule has 3 rings (SSSR count). The second-order valence-electron chi connectivity index (χ2n) is 6.69. The van der Waals surface area contributed by atoms with E-state index in [0.29, 0.717) is 5.92 Å². The maximum absolute atomic E-state index is 12.2. The van der Waals surface area contributed by atoms with Gasteiger partial charge in [0.15, 0.2) is 0 Å². The second kappa shape index (κ2) is 7.23. The molecule has 0 radical (unpaired) electrons. The van der Waals surface area contributed by atoms with Gasteiger partial charge in [0.25, 0.3) is 0 Å². The van der Waals surface area contributed by atoms with Crippen LogP contribution in [-0.2, 0) is 4.79 Å². The lowest BCUT2D eigenvalue weighted by atomic mass is 9.93. The molecule has 2 heterocycles. The molecule has 22 heavy (non-hydrogen) atoms. The highest BCUT2D eigenvalue weighted by Crippen LogP contribution is 2.47. The number of nitrogens with one attached hydrogen (secondary N) is 1. The molecular weight excluding hydrogens is 274 g/mol. The number of pyridine rings is 1. The van der Waals surface area contributed by atoms with Crippen LogP contribution in [0.4, 0.5) is 0 Å². The van der Waals surface area contributed by atoms with Gasteiger partial charge in [-0.15, -0.1) is 0 Å². The number of nitrogens with zero attached hydrogens (tertiary/aromatic N) is 2. The Balaban J connectivity index is 1.34. The lowest BCUT2D eigenvalue weighted by Crippen LogP contribution is -2.35. The molecule has 120 valence electrons. The number of carbonyl (C=O) groups excluding carboxylic acids is 1. The molecule has 0 spiro atoms. The Hall–Kier alpha value is -1.42. The van der Waals surface area contributed by atoms with Gasteiger partial charge >= 0.3 is 0 Å². The smallest absolute Gasteiger partial charge is 0.223 e. The summed E-state index contributed by atoms with van der Waals surface area (Å²) in [6.07, 6.45) is 8.35. The summed E-state index contributed by atoms with van der Waals surface area (Å²) >= 11 is 0. The predicted molar refractivity (Wildman–Crippen MR) is 87.5 cm³/mol. The summed E-state index contributed by atoms with van der Waals surface area (Å²) in [5, 5.41) is 3.14. The van der Waals surface area contributed by atoms with E-state index in [1.54, 1.807) is 6.20 Å². The van der Waals surface area contributed by atoms with E-state index in [2.05, 4.69) is 28.2 Å². The minimum atomic E-state index is 0.172. The number of amides is 1. The van der Waals surface area contributed by atoms with Crippen LogP contribution >= 0.6 is 0 Å². The van der Waals surface area contributed by atoms with Gasteiger partial charge < -0.3 is 10.2 Å². The highest BCUT2D eigenvalue weighted by atomic mass is 16.2. The van der Waals surface area contributed by atoms with Crippen molar-refractivity contribution in [3.8, 4) is 0 Å². The highest BCUT2D eigenvalue weighted by molar-refractivity contribution is 5.82. The van der Waals surface area contributed by atoms with E-state index >= 15 is 0 Å².